The Balaban J connectivity index is 4.29. The third-order valence-electron chi connectivity index (χ3n) is 3.82. The van der Waals surface area contributed by atoms with E-state index in [1.54, 1.807) is 0 Å². The Labute approximate surface area is 165 Å². The molecule has 0 aromatic carbocycles. The molecule has 0 aliphatic rings. The molecule has 0 radical (unpaired) electrons. The zero-order chi connectivity index (χ0) is 21.9. The molecule has 28 heavy (non-hydrogen) atoms. The largest absolute Gasteiger partial charge is 0.390 e. The number of likely N-dealkylation sites (N-methyl/N-ethyl adjacent to an activating group) is 1. The van der Waals surface area contributed by atoms with Crippen LogP contribution in [0.2, 0.25) is 0 Å². The smallest absolute Gasteiger partial charge is 0.327 e. The van der Waals surface area contributed by atoms with Crippen LogP contribution in [0, 0.1) is 0 Å². The van der Waals surface area contributed by atoms with Crippen molar-refractivity contribution in [2.24, 2.45) is 0 Å². The number of nitrogens with zero attached hydrogens (tertiary/aromatic N) is 1. The molecule has 0 saturated heterocycles. The molecule has 0 aliphatic heterocycles. The molecule has 0 spiro atoms. The SMILES string of the molecule is CN(CC(O)C(O)C(O)CCOP(O)O)CC(O)C(O)C(O)CCOP(O)O. The first-order valence-electron chi connectivity index (χ1n) is 8.34. The van der Waals surface area contributed by atoms with Gasteiger partial charge in [-0.1, -0.05) is 0 Å². The van der Waals surface area contributed by atoms with Crippen LogP contribution in [-0.2, 0) is 9.05 Å². The minimum absolute atomic E-state index is 0.151. The molecular formula is C13H31NO12P2. The van der Waals surface area contributed by atoms with Gasteiger partial charge < -0.3 is 64.2 Å². The average molecular weight is 455 g/mol. The summed E-state index contributed by atoms with van der Waals surface area (Å²) >= 11 is 0. The molecule has 0 rings (SSSR count). The van der Waals surface area contributed by atoms with E-state index in [4.69, 9.17) is 19.6 Å². The summed E-state index contributed by atoms with van der Waals surface area (Å²) < 4.78 is 8.92. The minimum Gasteiger partial charge on any atom is -0.390 e. The molecule has 0 saturated carbocycles. The average Bonchev–Trinajstić information content (AvgIpc) is 2.59. The van der Waals surface area contributed by atoms with Gasteiger partial charge in [0.1, 0.15) is 12.2 Å². The molecule has 15 heteroatoms. The third-order valence-corrected chi connectivity index (χ3v) is 4.64. The maximum absolute atomic E-state index is 9.95. The van der Waals surface area contributed by atoms with Gasteiger partial charge in [0.15, 0.2) is 0 Å². The van der Waals surface area contributed by atoms with Crippen molar-refractivity contribution in [1.29, 1.82) is 0 Å². The number of aliphatic hydroxyl groups is 6. The predicted molar refractivity (Wildman–Crippen MR) is 97.4 cm³/mol. The topological polar surface area (TPSA) is 224 Å². The molecule has 0 heterocycles. The van der Waals surface area contributed by atoms with Crippen molar-refractivity contribution in [2.75, 3.05) is 33.4 Å². The van der Waals surface area contributed by atoms with Gasteiger partial charge in [-0.2, -0.15) is 0 Å². The highest BCUT2D eigenvalue weighted by Gasteiger charge is 2.29. The van der Waals surface area contributed by atoms with Crippen molar-refractivity contribution in [3.8, 4) is 0 Å². The lowest BCUT2D eigenvalue weighted by Crippen LogP contribution is -2.48. The Kier molecular flexibility index (Phi) is 15.4. The second kappa shape index (κ2) is 15.2. The highest BCUT2D eigenvalue weighted by Crippen LogP contribution is 2.25. The maximum Gasteiger partial charge on any atom is 0.327 e. The summed E-state index contributed by atoms with van der Waals surface area (Å²) in [7, 11) is -3.69. The van der Waals surface area contributed by atoms with Gasteiger partial charge in [-0.25, -0.2) is 0 Å². The first-order chi connectivity index (χ1) is 13.0. The van der Waals surface area contributed by atoms with Crippen LogP contribution in [0.25, 0.3) is 0 Å². The Hall–Kier alpha value is 0.340. The second-order valence-corrected chi connectivity index (χ2v) is 7.75. The standard InChI is InChI=1S/C13H31NO12P2/c1-14(6-10(17)12(19)8(15)2-4-25-27(21)22)7-11(18)13(20)9(16)3-5-26-28(23)24/h8-13,15-24H,2-7H2,1H3. The summed E-state index contributed by atoms with van der Waals surface area (Å²) in [6, 6.07) is 0. The molecule has 0 aromatic heterocycles. The molecular weight excluding hydrogens is 424 g/mol. The van der Waals surface area contributed by atoms with E-state index in [1.165, 1.54) is 11.9 Å². The lowest BCUT2D eigenvalue weighted by atomic mass is 10.0. The van der Waals surface area contributed by atoms with E-state index in [-0.39, 0.29) is 39.1 Å². The van der Waals surface area contributed by atoms with Gasteiger partial charge in [-0.05, 0) is 19.9 Å². The monoisotopic (exact) mass is 455 g/mol. The molecule has 0 aromatic rings. The van der Waals surface area contributed by atoms with E-state index in [0.717, 1.165) is 0 Å². The van der Waals surface area contributed by atoms with Gasteiger partial charge in [0.25, 0.3) is 0 Å². The van der Waals surface area contributed by atoms with Crippen LogP contribution >= 0.6 is 17.2 Å². The molecule has 6 unspecified atom stereocenters. The number of hydrogen-bond donors (Lipinski definition) is 10. The summed E-state index contributed by atoms with van der Waals surface area (Å²) in [4.78, 5) is 35.7. The van der Waals surface area contributed by atoms with Gasteiger partial charge in [0, 0.05) is 13.1 Å². The number of rotatable bonds is 16. The van der Waals surface area contributed by atoms with Crippen LogP contribution in [0.5, 0.6) is 0 Å². The van der Waals surface area contributed by atoms with E-state index >= 15 is 0 Å². The van der Waals surface area contributed by atoms with Crippen LogP contribution in [0.15, 0.2) is 0 Å². The van der Waals surface area contributed by atoms with Gasteiger partial charge in [-0.3, -0.25) is 0 Å². The van der Waals surface area contributed by atoms with Crippen molar-refractivity contribution in [3.63, 3.8) is 0 Å². The first-order valence-corrected chi connectivity index (χ1v) is 10.7. The Morgan fingerprint density at radius 2 is 0.964 bits per heavy atom. The molecule has 13 nitrogen and oxygen atoms in total. The molecule has 10 N–H and O–H groups in total. The lowest BCUT2D eigenvalue weighted by Gasteiger charge is -2.30. The predicted octanol–water partition coefficient (Wildman–Crippen LogP) is -3.68. The zero-order valence-electron chi connectivity index (χ0n) is 15.3. The fourth-order valence-electron chi connectivity index (χ4n) is 2.29. The van der Waals surface area contributed by atoms with E-state index in [9.17, 15) is 30.6 Å². The van der Waals surface area contributed by atoms with Gasteiger partial charge >= 0.3 is 17.2 Å². The van der Waals surface area contributed by atoms with E-state index < -0.39 is 53.8 Å². The lowest BCUT2D eigenvalue weighted by molar-refractivity contribution is -0.0886. The van der Waals surface area contributed by atoms with Crippen molar-refractivity contribution in [1.82, 2.24) is 4.90 Å². The highest BCUT2D eigenvalue weighted by atomic mass is 31.2. The Morgan fingerprint density at radius 3 is 1.25 bits per heavy atom. The second-order valence-electron chi connectivity index (χ2n) is 6.22. The third kappa shape index (κ3) is 12.8. The minimum atomic E-state index is -2.58. The number of aliphatic hydroxyl groups excluding tert-OH is 6. The van der Waals surface area contributed by atoms with Crippen LogP contribution in [0.3, 0.4) is 0 Å². The summed E-state index contributed by atoms with van der Waals surface area (Å²) in [5.74, 6) is 0. The molecule has 6 atom stereocenters. The van der Waals surface area contributed by atoms with Gasteiger partial charge in [0.2, 0.25) is 0 Å². The van der Waals surface area contributed by atoms with Crippen LogP contribution in [0.1, 0.15) is 12.8 Å². The first kappa shape index (κ1) is 28.3. The molecule has 0 bridgehead atoms. The van der Waals surface area contributed by atoms with Crippen molar-refractivity contribution < 1.29 is 59.3 Å². The van der Waals surface area contributed by atoms with E-state index in [2.05, 4.69) is 9.05 Å². The van der Waals surface area contributed by atoms with Crippen LogP contribution < -0.4 is 0 Å². The van der Waals surface area contributed by atoms with E-state index in [1.807, 2.05) is 0 Å². The zero-order valence-corrected chi connectivity index (χ0v) is 17.1. The fourth-order valence-corrected chi connectivity index (χ4v) is 2.83. The Bertz CT molecular complexity index is 363. The van der Waals surface area contributed by atoms with Gasteiger partial charge in [-0.15, -0.1) is 0 Å². The molecule has 0 amide bonds. The highest BCUT2D eigenvalue weighted by molar-refractivity contribution is 7.39. The van der Waals surface area contributed by atoms with Crippen LogP contribution in [-0.4, -0.2) is 125 Å². The normalized spacial score (nSPS) is 19.1. The molecule has 0 aliphatic carbocycles. The summed E-state index contributed by atoms with van der Waals surface area (Å²) in [5, 5.41) is 59.1. The fraction of sp³-hybridized carbons (Fsp3) is 1.00. The number of hydrogen-bond acceptors (Lipinski definition) is 13. The summed E-state index contributed by atoms with van der Waals surface area (Å²) in [6.07, 6.45) is -9.04. The summed E-state index contributed by atoms with van der Waals surface area (Å²) in [6.45, 7) is -0.844. The summed E-state index contributed by atoms with van der Waals surface area (Å²) in [5.41, 5.74) is 0. The van der Waals surface area contributed by atoms with E-state index in [0.29, 0.717) is 0 Å². The molecule has 170 valence electrons. The quantitative estimate of drug-likeness (QED) is 0.101. The molecule has 0 fully saturated rings. The Morgan fingerprint density at radius 1 is 0.643 bits per heavy atom. The van der Waals surface area contributed by atoms with Crippen molar-refractivity contribution in [3.05, 3.63) is 0 Å². The van der Waals surface area contributed by atoms with Crippen molar-refractivity contribution >= 4 is 17.2 Å². The van der Waals surface area contributed by atoms with Gasteiger partial charge in [0.05, 0.1) is 37.6 Å². The van der Waals surface area contributed by atoms with Crippen LogP contribution in [0.4, 0.5) is 0 Å². The van der Waals surface area contributed by atoms with Crippen molar-refractivity contribution in [2.45, 2.75) is 49.5 Å². The maximum atomic E-state index is 9.95.